The molecule has 0 saturated carbocycles. The lowest BCUT2D eigenvalue weighted by Crippen LogP contribution is -2.28. The Bertz CT molecular complexity index is 590. The fourth-order valence-electron chi connectivity index (χ4n) is 2.56. The van der Waals surface area contributed by atoms with Crippen molar-refractivity contribution in [2.45, 2.75) is 25.3 Å². The number of nitrogens with two attached hydrogens (primary N) is 1. The first-order chi connectivity index (χ1) is 9.19. The molecule has 0 spiro atoms. The third-order valence-electron chi connectivity index (χ3n) is 3.49. The van der Waals surface area contributed by atoms with E-state index in [4.69, 9.17) is 17.4 Å². The van der Waals surface area contributed by atoms with Gasteiger partial charge in [-0.1, -0.05) is 17.7 Å². The van der Waals surface area contributed by atoms with Crippen molar-refractivity contribution in [2.75, 3.05) is 0 Å². The molecule has 2 nitrogen and oxygen atoms in total. The van der Waals surface area contributed by atoms with Crippen LogP contribution < -0.4 is 11.3 Å². The number of fused-ring (bicyclic) bond motifs is 1. The van der Waals surface area contributed by atoms with Gasteiger partial charge in [0.1, 0.15) is 5.82 Å². The number of nitrogens with one attached hydrogen (secondary N) is 1. The lowest BCUT2D eigenvalue weighted by molar-refractivity contribution is 0.564. The lowest BCUT2D eigenvalue weighted by atomic mass is 10.0. The summed E-state index contributed by atoms with van der Waals surface area (Å²) in [5.41, 5.74) is 4.63. The number of thiophene rings is 1. The normalized spacial score (nSPS) is 15.5. The van der Waals surface area contributed by atoms with Gasteiger partial charge in [0.15, 0.2) is 0 Å². The van der Waals surface area contributed by atoms with Crippen molar-refractivity contribution >= 4 is 22.9 Å². The minimum absolute atomic E-state index is 0.312. The van der Waals surface area contributed by atoms with Crippen LogP contribution in [0, 0.1) is 5.82 Å². The van der Waals surface area contributed by atoms with Gasteiger partial charge in [0, 0.05) is 20.3 Å². The summed E-state index contributed by atoms with van der Waals surface area (Å²) < 4.78 is 14.0. The number of hydrogen-bond acceptors (Lipinski definition) is 3. The summed E-state index contributed by atoms with van der Waals surface area (Å²) in [6.07, 6.45) is 3.46. The Morgan fingerprint density at radius 2 is 2.16 bits per heavy atom. The highest BCUT2D eigenvalue weighted by atomic mass is 35.5. The van der Waals surface area contributed by atoms with E-state index in [1.54, 1.807) is 23.5 Å². The maximum atomic E-state index is 14.0. The highest BCUT2D eigenvalue weighted by Crippen LogP contribution is 2.36. The molecule has 1 aliphatic rings. The molecule has 1 aromatic heterocycles. The van der Waals surface area contributed by atoms with Crippen LogP contribution in [0.5, 0.6) is 0 Å². The molecular formula is C14H14ClFN2S. The minimum Gasteiger partial charge on any atom is -0.271 e. The Kier molecular flexibility index (Phi) is 3.58. The molecule has 0 saturated heterocycles. The zero-order chi connectivity index (χ0) is 13.4. The van der Waals surface area contributed by atoms with E-state index in [1.807, 2.05) is 0 Å². The molecule has 19 heavy (non-hydrogen) atoms. The zero-order valence-corrected chi connectivity index (χ0v) is 11.8. The average Bonchev–Trinajstić information content (AvgIpc) is 2.93. The van der Waals surface area contributed by atoms with Crippen LogP contribution in [-0.2, 0) is 12.8 Å². The molecule has 0 aliphatic heterocycles. The van der Waals surface area contributed by atoms with Crippen LogP contribution in [0.25, 0.3) is 0 Å². The van der Waals surface area contributed by atoms with Crippen molar-refractivity contribution in [1.82, 2.24) is 5.43 Å². The van der Waals surface area contributed by atoms with Crippen LogP contribution >= 0.6 is 22.9 Å². The third kappa shape index (κ3) is 2.41. The molecule has 1 unspecified atom stereocenters. The Morgan fingerprint density at radius 3 is 2.84 bits per heavy atom. The van der Waals surface area contributed by atoms with Crippen LogP contribution in [0.3, 0.4) is 0 Å². The molecular weight excluding hydrogens is 283 g/mol. The summed E-state index contributed by atoms with van der Waals surface area (Å²) in [4.78, 5) is 2.47. The van der Waals surface area contributed by atoms with Gasteiger partial charge in [-0.05, 0) is 43.0 Å². The molecule has 3 rings (SSSR count). The Morgan fingerprint density at radius 1 is 1.32 bits per heavy atom. The molecule has 0 amide bonds. The first kappa shape index (κ1) is 13.1. The van der Waals surface area contributed by atoms with Gasteiger partial charge >= 0.3 is 0 Å². The quantitative estimate of drug-likeness (QED) is 0.671. The lowest BCUT2D eigenvalue weighted by Gasteiger charge is -2.15. The predicted molar refractivity (Wildman–Crippen MR) is 76.9 cm³/mol. The third-order valence-corrected chi connectivity index (χ3v) is 5.03. The standard InChI is InChI=1S/C14H14ClFN2S/c15-9-4-5-10(11(16)7-9)14(18-17)13-6-8-2-1-3-12(8)19-13/h4-7,14,18H,1-3,17H2. The van der Waals surface area contributed by atoms with Crippen LogP contribution in [0.1, 0.15) is 33.3 Å². The van der Waals surface area contributed by atoms with E-state index in [0.29, 0.717) is 10.6 Å². The van der Waals surface area contributed by atoms with Crippen molar-refractivity contribution in [3.05, 3.63) is 56.0 Å². The fourth-order valence-corrected chi connectivity index (χ4v) is 4.05. The second-order valence-electron chi connectivity index (χ2n) is 4.72. The molecule has 5 heteroatoms. The van der Waals surface area contributed by atoms with E-state index in [9.17, 15) is 4.39 Å². The summed E-state index contributed by atoms with van der Waals surface area (Å²) in [7, 11) is 0. The molecule has 0 fully saturated rings. The van der Waals surface area contributed by atoms with Gasteiger partial charge in [0.05, 0.1) is 6.04 Å². The summed E-state index contributed by atoms with van der Waals surface area (Å²) in [5.74, 6) is 5.29. The van der Waals surface area contributed by atoms with Crippen molar-refractivity contribution < 1.29 is 4.39 Å². The van der Waals surface area contributed by atoms with Crippen molar-refractivity contribution in [1.29, 1.82) is 0 Å². The molecule has 0 bridgehead atoms. The average molecular weight is 297 g/mol. The number of aryl methyl sites for hydroxylation is 2. The van der Waals surface area contributed by atoms with E-state index in [1.165, 1.54) is 22.9 Å². The SMILES string of the molecule is NNC(c1cc2c(s1)CCC2)c1ccc(Cl)cc1F. The smallest absolute Gasteiger partial charge is 0.129 e. The van der Waals surface area contributed by atoms with E-state index < -0.39 is 0 Å². The molecule has 1 aromatic carbocycles. The van der Waals surface area contributed by atoms with E-state index in [0.717, 1.165) is 17.7 Å². The Balaban J connectivity index is 1.99. The Labute approximate surface area is 120 Å². The van der Waals surface area contributed by atoms with Gasteiger partial charge in [-0.15, -0.1) is 11.3 Å². The van der Waals surface area contributed by atoms with Gasteiger partial charge in [-0.2, -0.15) is 0 Å². The van der Waals surface area contributed by atoms with Crippen LogP contribution in [0.15, 0.2) is 24.3 Å². The highest BCUT2D eigenvalue weighted by molar-refractivity contribution is 7.12. The first-order valence-electron chi connectivity index (χ1n) is 6.21. The molecule has 1 heterocycles. The largest absolute Gasteiger partial charge is 0.271 e. The molecule has 1 atom stereocenters. The molecule has 3 N–H and O–H groups in total. The van der Waals surface area contributed by atoms with Crippen molar-refractivity contribution in [3.63, 3.8) is 0 Å². The van der Waals surface area contributed by atoms with E-state index >= 15 is 0 Å². The molecule has 0 radical (unpaired) electrons. The molecule has 2 aromatic rings. The van der Waals surface area contributed by atoms with Gasteiger partial charge in [0.25, 0.3) is 0 Å². The fraction of sp³-hybridized carbons (Fsp3) is 0.286. The highest BCUT2D eigenvalue weighted by Gasteiger charge is 2.22. The zero-order valence-electron chi connectivity index (χ0n) is 10.2. The summed E-state index contributed by atoms with van der Waals surface area (Å²) in [5, 5.41) is 0.394. The van der Waals surface area contributed by atoms with Gasteiger partial charge in [-0.25, -0.2) is 9.82 Å². The second-order valence-corrected chi connectivity index (χ2v) is 6.32. The second kappa shape index (κ2) is 5.21. The van der Waals surface area contributed by atoms with Crippen molar-refractivity contribution in [3.8, 4) is 0 Å². The first-order valence-corrected chi connectivity index (χ1v) is 7.41. The van der Waals surface area contributed by atoms with Crippen LogP contribution in [-0.4, -0.2) is 0 Å². The summed E-state index contributed by atoms with van der Waals surface area (Å²) >= 11 is 7.50. The van der Waals surface area contributed by atoms with Gasteiger partial charge in [0.2, 0.25) is 0 Å². The van der Waals surface area contributed by atoms with E-state index in [2.05, 4.69) is 11.5 Å². The van der Waals surface area contributed by atoms with E-state index in [-0.39, 0.29) is 11.9 Å². The number of hydrogen-bond donors (Lipinski definition) is 2. The molecule has 1 aliphatic carbocycles. The maximum Gasteiger partial charge on any atom is 0.129 e. The van der Waals surface area contributed by atoms with Gasteiger partial charge < -0.3 is 0 Å². The topological polar surface area (TPSA) is 38.0 Å². The monoisotopic (exact) mass is 296 g/mol. The molecule has 100 valence electrons. The minimum atomic E-state index is -0.330. The number of rotatable bonds is 3. The number of halogens is 2. The predicted octanol–water partition coefficient (Wildman–Crippen LogP) is 3.58. The maximum absolute atomic E-state index is 14.0. The number of benzene rings is 1. The number of hydrazine groups is 1. The summed E-state index contributed by atoms with van der Waals surface area (Å²) in [6.45, 7) is 0. The van der Waals surface area contributed by atoms with Crippen molar-refractivity contribution in [2.24, 2.45) is 5.84 Å². The Hall–Kier alpha value is -0.940. The summed E-state index contributed by atoms with van der Waals surface area (Å²) in [6, 6.07) is 6.53. The van der Waals surface area contributed by atoms with Crippen LogP contribution in [0.4, 0.5) is 4.39 Å². The van der Waals surface area contributed by atoms with Gasteiger partial charge in [-0.3, -0.25) is 5.84 Å². The van der Waals surface area contributed by atoms with Crippen LogP contribution in [0.2, 0.25) is 5.02 Å².